The largest absolute Gasteiger partial charge is 0.353 e. The topological polar surface area (TPSA) is 75.4 Å². The van der Waals surface area contributed by atoms with Crippen LogP contribution in [0.25, 0.3) is 0 Å². The smallest absolute Gasteiger partial charge is 0.256 e. The van der Waals surface area contributed by atoms with Gasteiger partial charge in [-0.15, -0.1) is 12.4 Å². The van der Waals surface area contributed by atoms with Gasteiger partial charge in [-0.25, -0.2) is 4.39 Å². The normalized spacial score (nSPS) is 30.1. The molecule has 5 nitrogen and oxygen atoms in total. The van der Waals surface area contributed by atoms with Crippen LogP contribution in [-0.2, 0) is 4.79 Å². The predicted octanol–water partition coefficient (Wildman–Crippen LogP) is 2.34. The summed E-state index contributed by atoms with van der Waals surface area (Å²) in [6.07, 6.45) is 4.76. The molecular weight excluding hydrogens is 369 g/mol. The van der Waals surface area contributed by atoms with E-state index in [9.17, 15) is 14.0 Å². The molecule has 3 fully saturated rings. The van der Waals surface area contributed by atoms with E-state index in [4.69, 9.17) is 5.73 Å². The van der Waals surface area contributed by atoms with Gasteiger partial charge in [-0.3, -0.25) is 9.59 Å². The highest BCUT2D eigenvalue weighted by Crippen LogP contribution is 2.47. The number of piperidine rings is 1. The van der Waals surface area contributed by atoms with Crippen LogP contribution in [0.2, 0.25) is 0 Å². The van der Waals surface area contributed by atoms with Gasteiger partial charge in [-0.1, -0.05) is 12.1 Å². The maximum atomic E-state index is 13.8. The molecule has 27 heavy (non-hydrogen) atoms. The van der Waals surface area contributed by atoms with E-state index in [0.29, 0.717) is 37.8 Å². The summed E-state index contributed by atoms with van der Waals surface area (Å²) < 4.78 is 13.8. The Hall–Kier alpha value is -1.66. The Bertz CT molecular complexity index is 706. The highest BCUT2D eigenvalue weighted by molar-refractivity contribution is 5.94. The molecular formula is C20H27ClFN3O2. The number of rotatable bonds is 3. The molecule has 0 spiro atoms. The number of nitrogens with one attached hydrogen (secondary N) is 1. The molecule has 4 rings (SSSR count). The summed E-state index contributed by atoms with van der Waals surface area (Å²) in [6.45, 7) is 1.06. The summed E-state index contributed by atoms with van der Waals surface area (Å²) in [5.41, 5.74) is 6.38. The van der Waals surface area contributed by atoms with Gasteiger partial charge in [0.25, 0.3) is 5.91 Å². The summed E-state index contributed by atoms with van der Waals surface area (Å²) in [4.78, 5) is 26.8. The van der Waals surface area contributed by atoms with Gasteiger partial charge >= 0.3 is 0 Å². The van der Waals surface area contributed by atoms with Crippen molar-refractivity contribution in [1.82, 2.24) is 10.2 Å². The average molecular weight is 396 g/mol. The van der Waals surface area contributed by atoms with E-state index in [1.54, 1.807) is 17.0 Å². The third-order valence-corrected chi connectivity index (χ3v) is 6.52. The summed E-state index contributed by atoms with van der Waals surface area (Å²) in [5.74, 6) is 0.227. The van der Waals surface area contributed by atoms with Crippen molar-refractivity contribution < 1.29 is 14.0 Å². The monoisotopic (exact) mass is 395 g/mol. The van der Waals surface area contributed by atoms with Crippen LogP contribution in [0.15, 0.2) is 24.3 Å². The van der Waals surface area contributed by atoms with E-state index in [2.05, 4.69) is 5.32 Å². The van der Waals surface area contributed by atoms with E-state index in [1.165, 1.54) is 12.1 Å². The third-order valence-electron chi connectivity index (χ3n) is 6.52. The first kappa shape index (κ1) is 20.1. The first-order valence-electron chi connectivity index (χ1n) is 9.64. The summed E-state index contributed by atoms with van der Waals surface area (Å²) in [6, 6.07) is 6.13. The highest BCUT2D eigenvalue weighted by Gasteiger charge is 2.49. The maximum absolute atomic E-state index is 13.8. The third kappa shape index (κ3) is 3.83. The highest BCUT2D eigenvalue weighted by atomic mass is 35.5. The number of halogens is 2. The zero-order chi connectivity index (χ0) is 18.3. The second-order valence-corrected chi connectivity index (χ2v) is 7.99. The van der Waals surface area contributed by atoms with Crippen LogP contribution < -0.4 is 11.1 Å². The standard InChI is InChI=1S/C20H26FN3O2.ClH/c21-16-4-2-1-3-15(16)20(26)24-9-7-14(8-10-24)23-19(25)17-12-5-6-13(11-12)18(17)22;/h1-4,12-14,17-18H,5-11,22H2,(H,23,25);1H. The molecule has 2 amide bonds. The van der Waals surface area contributed by atoms with Gasteiger partial charge in [0.2, 0.25) is 5.91 Å². The molecule has 1 aromatic carbocycles. The molecule has 2 aliphatic carbocycles. The molecule has 1 saturated heterocycles. The van der Waals surface area contributed by atoms with Crippen LogP contribution in [0, 0.1) is 23.6 Å². The van der Waals surface area contributed by atoms with Crippen LogP contribution in [0.3, 0.4) is 0 Å². The number of nitrogens with two attached hydrogens (primary N) is 1. The molecule has 4 unspecified atom stereocenters. The Labute approximate surface area is 165 Å². The minimum atomic E-state index is -0.488. The molecule has 2 saturated carbocycles. The summed E-state index contributed by atoms with van der Waals surface area (Å²) in [7, 11) is 0. The predicted molar refractivity (Wildman–Crippen MR) is 103 cm³/mol. The molecule has 7 heteroatoms. The fourth-order valence-corrected chi connectivity index (χ4v) is 5.05. The Balaban J connectivity index is 0.00000210. The Kier molecular flexibility index (Phi) is 6.06. The molecule has 3 aliphatic rings. The van der Waals surface area contributed by atoms with Crippen LogP contribution in [0.5, 0.6) is 0 Å². The van der Waals surface area contributed by atoms with E-state index in [1.807, 2.05) is 0 Å². The SMILES string of the molecule is Cl.NC1C2CCC(C2)C1C(=O)NC1CCN(C(=O)c2ccccc2F)CC1. The Morgan fingerprint density at radius 1 is 1.07 bits per heavy atom. The number of hydrogen-bond acceptors (Lipinski definition) is 3. The van der Waals surface area contributed by atoms with Crippen molar-refractivity contribution in [2.24, 2.45) is 23.5 Å². The Morgan fingerprint density at radius 2 is 1.74 bits per heavy atom. The second-order valence-electron chi connectivity index (χ2n) is 7.99. The summed E-state index contributed by atoms with van der Waals surface area (Å²) in [5, 5.41) is 3.16. The quantitative estimate of drug-likeness (QED) is 0.824. The van der Waals surface area contributed by atoms with E-state index in [0.717, 1.165) is 19.3 Å². The minimum Gasteiger partial charge on any atom is -0.353 e. The van der Waals surface area contributed by atoms with E-state index in [-0.39, 0.29) is 47.8 Å². The number of amides is 2. The fourth-order valence-electron chi connectivity index (χ4n) is 5.05. The lowest BCUT2D eigenvalue weighted by atomic mass is 9.84. The van der Waals surface area contributed by atoms with Crippen molar-refractivity contribution in [2.75, 3.05) is 13.1 Å². The molecule has 2 bridgehead atoms. The van der Waals surface area contributed by atoms with Gasteiger partial charge in [-0.2, -0.15) is 0 Å². The zero-order valence-corrected chi connectivity index (χ0v) is 16.1. The number of nitrogens with zero attached hydrogens (tertiary/aromatic N) is 1. The minimum absolute atomic E-state index is 0. The molecule has 0 aromatic heterocycles. The van der Waals surface area contributed by atoms with Crippen molar-refractivity contribution in [1.29, 1.82) is 0 Å². The second kappa shape index (κ2) is 8.15. The number of likely N-dealkylation sites (tertiary alicyclic amines) is 1. The van der Waals surface area contributed by atoms with Crippen LogP contribution in [-0.4, -0.2) is 41.9 Å². The van der Waals surface area contributed by atoms with Gasteiger partial charge in [0.05, 0.1) is 11.5 Å². The molecule has 4 atom stereocenters. The summed E-state index contributed by atoms with van der Waals surface area (Å²) >= 11 is 0. The maximum Gasteiger partial charge on any atom is 0.256 e. The van der Waals surface area contributed by atoms with Gasteiger partial charge in [-0.05, 0) is 56.1 Å². The van der Waals surface area contributed by atoms with E-state index < -0.39 is 5.82 Å². The van der Waals surface area contributed by atoms with Crippen molar-refractivity contribution >= 4 is 24.2 Å². The first-order valence-corrected chi connectivity index (χ1v) is 9.64. The van der Waals surface area contributed by atoms with Crippen molar-refractivity contribution in [3.05, 3.63) is 35.6 Å². The molecule has 3 N–H and O–H groups in total. The van der Waals surface area contributed by atoms with E-state index >= 15 is 0 Å². The average Bonchev–Trinajstić information content (AvgIpc) is 3.23. The van der Waals surface area contributed by atoms with Crippen molar-refractivity contribution in [3.8, 4) is 0 Å². The molecule has 1 aromatic rings. The number of fused-ring (bicyclic) bond motifs is 2. The first-order chi connectivity index (χ1) is 12.5. The van der Waals surface area contributed by atoms with Crippen LogP contribution in [0.4, 0.5) is 4.39 Å². The Morgan fingerprint density at radius 3 is 2.37 bits per heavy atom. The molecule has 0 radical (unpaired) electrons. The number of hydrogen-bond donors (Lipinski definition) is 2. The van der Waals surface area contributed by atoms with Gasteiger partial charge < -0.3 is 16.0 Å². The fraction of sp³-hybridized carbons (Fsp3) is 0.600. The molecule has 1 heterocycles. The number of benzene rings is 1. The number of carbonyl (C=O) groups is 2. The molecule has 148 valence electrons. The lowest BCUT2D eigenvalue weighted by Crippen LogP contribution is -2.51. The molecule has 1 aliphatic heterocycles. The van der Waals surface area contributed by atoms with Crippen molar-refractivity contribution in [2.45, 2.75) is 44.2 Å². The van der Waals surface area contributed by atoms with Gasteiger partial charge in [0.1, 0.15) is 5.82 Å². The lowest BCUT2D eigenvalue weighted by molar-refractivity contribution is -0.128. The van der Waals surface area contributed by atoms with Crippen LogP contribution >= 0.6 is 12.4 Å². The van der Waals surface area contributed by atoms with Crippen molar-refractivity contribution in [3.63, 3.8) is 0 Å². The van der Waals surface area contributed by atoms with Crippen LogP contribution in [0.1, 0.15) is 42.5 Å². The van der Waals surface area contributed by atoms with Gasteiger partial charge in [0, 0.05) is 25.2 Å². The lowest BCUT2D eigenvalue weighted by Gasteiger charge is -2.34. The number of carbonyl (C=O) groups excluding carboxylic acids is 2. The zero-order valence-electron chi connectivity index (χ0n) is 15.3. The van der Waals surface area contributed by atoms with Gasteiger partial charge in [0.15, 0.2) is 0 Å².